The van der Waals surface area contributed by atoms with Gasteiger partial charge in [0.05, 0.1) is 5.52 Å². The zero-order chi connectivity index (χ0) is 15.0. The van der Waals surface area contributed by atoms with Crippen molar-refractivity contribution < 1.29 is 13.2 Å². The first-order chi connectivity index (χ1) is 10.1. The topological polar surface area (TPSA) is 69.0 Å². The second kappa shape index (κ2) is 4.82. The van der Waals surface area contributed by atoms with Crippen molar-refractivity contribution >= 4 is 27.2 Å². The fourth-order valence-electron chi connectivity index (χ4n) is 2.33. The van der Waals surface area contributed by atoms with Crippen LogP contribution in [-0.2, 0) is 10.0 Å². The molecule has 0 saturated carbocycles. The van der Waals surface area contributed by atoms with Gasteiger partial charge in [-0.05, 0) is 24.6 Å². The van der Waals surface area contributed by atoms with Crippen molar-refractivity contribution in [2.45, 2.75) is 11.9 Å². The molecule has 0 fully saturated rings. The minimum absolute atomic E-state index is 0.0531. The van der Waals surface area contributed by atoms with E-state index in [0.29, 0.717) is 22.8 Å². The predicted molar refractivity (Wildman–Crippen MR) is 78.9 cm³/mol. The number of aldehydes is 1. The molecule has 6 heteroatoms. The van der Waals surface area contributed by atoms with Gasteiger partial charge in [0, 0.05) is 23.3 Å². The van der Waals surface area contributed by atoms with E-state index in [2.05, 4.69) is 4.98 Å². The summed E-state index contributed by atoms with van der Waals surface area (Å²) in [6, 6.07) is 10.0. The van der Waals surface area contributed by atoms with Gasteiger partial charge in [0.25, 0.3) is 10.0 Å². The largest absolute Gasteiger partial charge is 0.298 e. The second-order valence-electron chi connectivity index (χ2n) is 4.64. The molecule has 0 amide bonds. The van der Waals surface area contributed by atoms with Crippen molar-refractivity contribution in [2.24, 2.45) is 0 Å². The molecule has 0 aliphatic heterocycles. The van der Waals surface area contributed by atoms with Crippen LogP contribution in [0, 0.1) is 6.92 Å². The van der Waals surface area contributed by atoms with Gasteiger partial charge in [-0.25, -0.2) is 8.96 Å². The summed E-state index contributed by atoms with van der Waals surface area (Å²) in [4.78, 5) is 15.1. The SMILES string of the molecule is Cc1cccc2c(C=O)cn(S(=O)(=O)c3ccccn3)c12. The molecule has 5 nitrogen and oxygen atoms in total. The summed E-state index contributed by atoms with van der Waals surface area (Å²) in [5.41, 5.74) is 1.62. The fraction of sp³-hybridized carbons (Fsp3) is 0.0667. The second-order valence-corrected chi connectivity index (χ2v) is 6.40. The molecular formula is C15H12N2O3S. The number of hydrogen-bond acceptors (Lipinski definition) is 4. The molecule has 2 aromatic heterocycles. The maximum atomic E-state index is 12.7. The summed E-state index contributed by atoms with van der Waals surface area (Å²) in [6.45, 7) is 1.81. The van der Waals surface area contributed by atoms with Crippen LogP contribution in [0.4, 0.5) is 0 Å². The maximum Gasteiger partial charge on any atom is 0.285 e. The molecule has 1 aromatic carbocycles. The zero-order valence-electron chi connectivity index (χ0n) is 11.2. The summed E-state index contributed by atoms with van der Waals surface area (Å²) in [5, 5.41) is 0.562. The Bertz CT molecular complexity index is 928. The van der Waals surface area contributed by atoms with Crippen LogP contribution in [0.25, 0.3) is 10.9 Å². The number of para-hydroxylation sites is 1. The van der Waals surface area contributed by atoms with Gasteiger partial charge >= 0.3 is 0 Å². The molecule has 0 aliphatic rings. The average molecular weight is 300 g/mol. The van der Waals surface area contributed by atoms with Crippen LogP contribution in [0.1, 0.15) is 15.9 Å². The highest BCUT2D eigenvalue weighted by Crippen LogP contribution is 2.26. The monoisotopic (exact) mass is 300 g/mol. The van der Waals surface area contributed by atoms with Crippen LogP contribution in [0.2, 0.25) is 0 Å². The minimum Gasteiger partial charge on any atom is -0.298 e. The van der Waals surface area contributed by atoms with Crippen molar-refractivity contribution in [2.75, 3.05) is 0 Å². The molecular weight excluding hydrogens is 288 g/mol. The molecule has 3 rings (SSSR count). The highest BCUT2D eigenvalue weighted by Gasteiger charge is 2.22. The summed E-state index contributed by atoms with van der Waals surface area (Å²) < 4.78 is 26.6. The lowest BCUT2D eigenvalue weighted by Gasteiger charge is -2.08. The van der Waals surface area contributed by atoms with E-state index in [1.807, 2.05) is 0 Å². The molecule has 3 aromatic rings. The van der Waals surface area contributed by atoms with Gasteiger partial charge in [-0.3, -0.25) is 4.79 Å². The van der Waals surface area contributed by atoms with E-state index in [-0.39, 0.29) is 5.03 Å². The molecule has 106 valence electrons. The summed E-state index contributed by atoms with van der Waals surface area (Å²) in [5.74, 6) is 0. The van der Waals surface area contributed by atoms with Gasteiger partial charge in [-0.1, -0.05) is 24.3 Å². The van der Waals surface area contributed by atoms with Crippen molar-refractivity contribution in [1.29, 1.82) is 0 Å². The highest BCUT2D eigenvalue weighted by molar-refractivity contribution is 7.90. The lowest BCUT2D eigenvalue weighted by molar-refractivity contribution is 0.112. The van der Waals surface area contributed by atoms with E-state index in [4.69, 9.17) is 0 Å². The summed E-state index contributed by atoms with van der Waals surface area (Å²) >= 11 is 0. The lowest BCUT2D eigenvalue weighted by atomic mass is 10.1. The Labute approximate surface area is 121 Å². The van der Waals surface area contributed by atoms with Gasteiger partial charge in [-0.15, -0.1) is 0 Å². The van der Waals surface area contributed by atoms with Crippen LogP contribution in [-0.4, -0.2) is 23.7 Å². The molecule has 21 heavy (non-hydrogen) atoms. The van der Waals surface area contributed by atoms with Crippen LogP contribution in [0.3, 0.4) is 0 Å². The van der Waals surface area contributed by atoms with Gasteiger partial charge in [-0.2, -0.15) is 8.42 Å². The Balaban J connectivity index is 2.39. The average Bonchev–Trinajstić information content (AvgIpc) is 2.89. The van der Waals surface area contributed by atoms with Gasteiger partial charge in [0.15, 0.2) is 11.3 Å². The number of carbonyl (C=O) groups excluding carboxylic acids is 1. The number of benzene rings is 1. The van der Waals surface area contributed by atoms with E-state index in [1.54, 1.807) is 37.3 Å². The Morgan fingerprint density at radius 1 is 1.14 bits per heavy atom. The van der Waals surface area contributed by atoms with Crippen molar-refractivity contribution in [3.8, 4) is 0 Å². The Hall–Kier alpha value is -2.47. The predicted octanol–water partition coefficient (Wildman–Crippen LogP) is 2.39. The van der Waals surface area contributed by atoms with E-state index < -0.39 is 10.0 Å². The molecule has 0 N–H and O–H groups in total. The molecule has 2 heterocycles. The van der Waals surface area contributed by atoms with Crippen LogP contribution in [0.15, 0.2) is 53.8 Å². The number of fused-ring (bicyclic) bond motifs is 1. The molecule has 0 bridgehead atoms. The third-order valence-electron chi connectivity index (χ3n) is 3.31. The maximum absolute atomic E-state index is 12.7. The fourth-order valence-corrected chi connectivity index (χ4v) is 3.71. The summed E-state index contributed by atoms with van der Waals surface area (Å²) in [6.07, 6.45) is 3.42. The summed E-state index contributed by atoms with van der Waals surface area (Å²) in [7, 11) is -3.83. The van der Waals surface area contributed by atoms with E-state index >= 15 is 0 Å². The number of aryl methyl sites for hydroxylation is 1. The van der Waals surface area contributed by atoms with Crippen LogP contribution >= 0.6 is 0 Å². The molecule has 0 unspecified atom stereocenters. The molecule has 0 saturated heterocycles. The number of carbonyl (C=O) groups is 1. The highest BCUT2D eigenvalue weighted by atomic mass is 32.2. The van der Waals surface area contributed by atoms with Crippen LogP contribution < -0.4 is 0 Å². The van der Waals surface area contributed by atoms with Gasteiger partial charge in [0.1, 0.15) is 0 Å². The Kier molecular flexibility index (Phi) is 3.10. The van der Waals surface area contributed by atoms with Gasteiger partial charge in [0.2, 0.25) is 0 Å². The first-order valence-corrected chi connectivity index (χ1v) is 7.72. The minimum atomic E-state index is -3.83. The molecule has 0 radical (unpaired) electrons. The number of nitrogens with zero attached hydrogens (tertiary/aromatic N) is 2. The van der Waals surface area contributed by atoms with E-state index in [0.717, 1.165) is 9.54 Å². The molecule has 0 aliphatic carbocycles. The van der Waals surface area contributed by atoms with Crippen LogP contribution in [0.5, 0.6) is 0 Å². The Morgan fingerprint density at radius 3 is 2.62 bits per heavy atom. The third-order valence-corrected chi connectivity index (χ3v) is 4.89. The number of pyridine rings is 1. The number of aromatic nitrogens is 2. The normalized spacial score (nSPS) is 11.7. The first-order valence-electron chi connectivity index (χ1n) is 6.28. The van der Waals surface area contributed by atoms with E-state index in [1.165, 1.54) is 18.5 Å². The van der Waals surface area contributed by atoms with Crippen molar-refractivity contribution in [1.82, 2.24) is 8.96 Å². The smallest absolute Gasteiger partial charge is 0.285 e. The van der Waals surface area contributed by atoms with Crippen molar-refractivity contribution in [3.05, 3.63) is 59.9 Å². The lowest BCUT2D eigenvalue weighted by Crippen LogP contribution is -2.13. The van der Waals surface area contributed by atoms with Gasteiger partial charge < -0.3 is 0 Å². The Morgan fingerprint density at radius 2 is 1.95 bits per heavy atom. The number of rotatable bonds is 3. The van der Waals surface area contributed by atoms with Crippen molar-refractivity contribution in [3.63, 3.8) is 0 Å². The standard InChI is InChI=1S/C15H12N2O3S/c1-11-5-4-6-13-12(10-18)9-17(15(11)13)21(19,20)14-7-2-3-8-16-14/h2-10H,1H3. The first kappa shape index (κ1) is 13.5. The third kappa shape index (κ3) is 2.04. The zero-order valence-corrected chi connectivity index (χ0v) is 12.0. The molecule has 0 spiro atoms. The molecule has 0 atom stereocenters. The van der Waals surface area contributed by atoms with E-state index in [9.17, 15) is 13.2 Å². The number of hydrogen-bond donors (Lipinski definition) is 0. The quantitative estimate of drug-likeness (QED) is 0.696.